The van der Waals surface area contributed by atoms with Crippen LogP contribution < -0.4 is 0 Å². The monoisotopic (exact) mass is 214 g/mol. The highest BCUT2D eigenvalue weighted by atomic mass is 14.2. The summed E-state index contributed by atoms with van der Waals surface area (Å²) in [4.78, 5) is 0. The molecule has 16 heavy (non-hydrogen) atoms. The molecule has 0 fully saturated rings. The van der Waals surface area contributed by atoms with Crippen LogP contribution in [-0.2, 0) is 19.3 Å². The standard InChI is InChI=1S/C16H22/c1-5-12-7-15-9-14(11(3)4)10-16(15)8-13(12)6-2/h7-9,11H,5-6,10H2,1-4H3. The van der Waals surface area contributed by atoms with Gasteiger partial charge in [0.2, 0.25) is 0 Å². The molecule has 0 aromatic heterocycles. The lowest BCUT2D eigenvalue weighted by atomic mass is 9.96. The van der Waals surface area contributed by atoms with Gasteiger partial charge in [-0.25, -0.2) is 0 Å². The summed E-state index contributed by atoms with van der Waals surface area (Å²) in [5.41, 5.74) is 7.67. The smallest absolute Gasteiger partial charge is 0.00552 e. The summed E-state index contributed by atoms with van der Waals surface area (Å²) in [6.07, 6.45) is 5.89. The normalized spacial score (nSPS) is 14.2. The predicted molar refractivity (Wildman–Crippen MR) is 71.7 cm³/mol. The number of aryl methyl sites for hydroxylation is 2. The van der Waals surface area contributed by atoms with Crippen molar-refractivity contribution in [3.8, 4) is 0 Å². The SMILES string of the molecule is CCc1cc2c(cc1CC)CC(C(C)C)=C2. The Morgan fingerprint density at radius 1 is 1.06 bits per heavy atom. The molecule has 0 amide bonds. The summed E-state index contributed by atoms with van der Waals surface area (Å²) >= 11 is 0. The molecule has 0 unspecified atom stereocenters. The number of rotatable bonds is 3. The fourth-order valence-electron chi connectivity index (χ4n) is 2.55. The Labute approximate surface area is 99.4 Å². The number of hydrogen-bond donors (Lipinski definition) is 0. The molecular formula is C16H22. The van der Waals surface area contributed by atoms with Crippen LogP contribution in [0.15, 0.2) is 17.7 Å². The van der Waals surface area contributed by atoms with Gasteiger partial charge in [-0.3, -0.25) is 0 Å². The topological polar surface area (TPSA) is 0 Å². The first-order valence-electron chi connectivity index (χ1n) is 6.50. The van der Waals surface area contributed by atoms with Crippen molar-refractivity contribution in [3.63, 3.8) is 0 Å². The van der Waals surface area contributed by atoms with Gasteiger partial charge in [-0.15, -0.1) is 0 Å². The van der Waals surface area contributed by atoms with Crippen LogP contribution in [0.3, 0.4) is 0 Å². The second-order valence-corrected chi connectivity index (χ2v) is 5.08. The van der Waals surface area contributed by atoms with Crippen LogP contribution in [0.25, 0.3) is 6.08 Å². The average molecular weight is 214 g/mol. The van der Waals surface area contributed by atoms with Gasteiger partial charge in [-0.05, 0) is 47.4 Å². The average Bonchev–Trinajstić information content (AvgIpc) is 2.69. The van der Waals surface area contributed by atoms with E-state index in [0.29, 0.717) is 5.92 Å². The molecule has 0 bridgehead atoms. The highest BCUT2D eigenvalue weighted by Gasteiger charge is 2.16. The van der Waals surface area contributed by atoms with Crippen LogP contribution in [0.5, 0.6) is 0 Å². The molecule has 0 heteroatoms. The summed E-state index contributed by atoms with van der Waals surface area (Å²) in [6, 6.07) is 4.84. The third-order valence-corrected chi connectivity index (χ3v) is 3.70. The van der Waals surface area contributed by atoms with Crippen LogP contribution in [0.2, 0.25) is 0 Å². The fourth-order valence-corrected chi connectivity index (χ4v) is 2.55. The summed E-state index contributed by atoms with van der Waals surface area (Å²) in [7, 11) is 0. The summed E-state index contributed by atoms with van der Waals surface area (Å²) in [5.74, 6) is 0.683. The van der Waals surface area contributed by atoms with Crippen molar-refractivity contribution in [3.05, 3.63) is 40.0 Å². The van der Waals surface area contributed by atoms with E-state index in [-0.39, 0.29) is 0 Å². The van der Waals surface area contributed by atoms with Crippen molar-refractivity contribution in [2.24, 2.45) is 5.92 Å². The molecule has 1 aromatic carbocycles. The second-order valence-electron chi connectivity index (χ2n) is 5.08. The number of benzene rings is 1. The molecule has 1 aliphatic carbocycles. The predicted octanol–water partition coefficient (Wildman–Crippen LogP) is 4.41. The van der Waals surface area contributed by atoms with Gasteiger partial charge < -0.3 is 0 Å². The van der Waals surface area contributed by atoms with Crippen LogP contribution in [0.4, 0.5) is 0 Å². The Bertz CT molecular complexity index is 422. The van der Waals surface area contributed by atoms with E-state index >= 15 is 0 Å². The first-order valence-corrected chi connectivity index (χ1v) is 6.50. The quantitative estimate of drug-likeness (QED) is 0.699. The van der Waals surface area contributed by atoms with Crippen LogP contribution >= 0.6 is 0 Å². The van der Waals surface area contributed by atoms with Crippen molar-refractivity contribution >= 4 is 6.08 Å². The van der Waals surface area contributed by atoms with Crippen molar-refractivity contribution < 1.29 is 0 Å². The molecule has 0 saturated carbocycles. The van der Waals surface area contributed by atoms with Gasteiger partial charge in [0, 0.05) is 0 Å². The molecule has 0 saturated heterocycles. The van der Waals surface area contributed by atoms with Gasteiger partial charge in [0.05, 0.1) is 0 Å². The zero-order chi connectivity index (χ0) is 11.7. The van der Waals surface area contributed by atoms with Crippen molar-refractivity contribution in [1.29, 1.82) is 0 Å². The van der Waals surface area contributed by atoms with E-state index in [1.807, 2.05) is 0 Å². The molecule has 0 atom stereocenters. The lowest BCUT2D eigenvalue weighted by molar-refractivity contribution is 0.754. The summed E-state index contributed by atoms with van der Waals surface area (Å²) in [5, 5.41) is 0. The minimum atomic E-state index is 0.683. The van der Waals surface area contributed by atoms with E-state index in [1.54, 1.807) is 11.1 Å². The summed E-state index contributed by atoms with van der Waals surface area (Å²) in [6.45, 7) is 9.09. The zero-order valence-corrected chi connectivity index (χ0v) is 10.9. The molecule has 0 heterocycles. The third kappa shape index (κ3) is 1.93. The molecule has 0 N–H and O–H groups in total. The van der Waals surface area contributed by atoms with Crippen molar-refractivity contribution in [1.82, 2.24) is 0 Å². The number of fused-ring (bicyclic) bond motifs is 1. The molecule has 0 nitrogen and oxygen atoms in total. The number of allylic oxidation sites excluding steroid dienone is 1. The second kappa shape index (κ2) is 4.45. The maximum Gasteiger partial charge on any atom is -0.00552 e. The molecule has 0 spiro atoms. The molecule has 1 aromatic rings. The summed E-state index contributed by atoms with van der Waals surface area (Å²) < 4.78 is 0. The Kier molecular flexibility index (Phi) is 3.18. The van der Waals surface area contributed by atoms with E-state index < -0.39 is 0 Å². The molecule has 0 radical (unpaired) electrons. The molecule has 2 rings (SSSR count). The fraction of sp³-hybridized carbons (Fsp3) is 0.500. The van der Waals surface area contributed by atoms with Gasteiger partial charge in [0.15, 0.2) is 0 Å². The first-order chi connectivity index (χ1) is 7.65. The Balaban J connectivity index is 2.40. The van der Waals surface area contributed by atoms with Crippen molar-refractivity contribution in [2.75, 3.05) is 0 Å². The zero-order valence-electron chi connectivity index (χ0n) is 10.9. The van der Waals surface area contributed by atoms with Gasteiger partial charge in [-0.1, -0.05) is 51.5 Å². The molecular weight excluding hydrogens is 192 g/mol. The van der Waals surface area contributed by atoms with Crippen LogP contribution in [0, 0.1) is 5.92 Å². The molecule has 0 aliphatic heterocycles. The van der Waals surface area contributed by atoms with Gasteiger partial charge in [-0.2, -0.15) is 0 Å². The van der Waals surface area contributed by atoms with E-state index in [9.17, 15) is 0 Å². The first kappa shape index (κ1) is 11.4. The van der Waals surface area contributed by atoms with E-state index in [4.69, 9.17) is 0 Å². The van der Waals surface area contributed by atoms with Gasteiger partial charge in [0.25, 0.3) is 0 Å². The minimum Gasteiger partial charge on any atom is -0.0626 e. The lowest BCUT2D eigenvalue weighted by Gasteiger charge is -2.09. The Morgan fingerprint density at radius 2 is 1.69 bits per heavy atom. The highest BCUT2D eigenvalue weighted by Crippen LogP contribution is 2.31. The Hall–Kier alpha value is -1.04. The lowest BCUT2D eigenvalue weighted by Crippen LogP contribution is -1.96. The van der Waals surface area contributed by atoms with Crippen molar-refractivity contribution in [2.45, 2.75) is 47.0 Å². The van der Waals surface area contributed by atoms with E-state index in [2.05, 4.69) is 45.9 Å². The molecule has 86 valence electrons. The van der Waals surface area contributed by atoms with Crippen LogP contribution in [-0.4, -0.2) is 0 Å². The number of hydrogen-bond acceptors (Lipinski definition) is 0. The highest BCUT2D eigenvalue weighted by molar-refractivity contribution is 5.65. The van der Waals surface area contributed by atoms with E-state index in [1.165, 1.54) is 23.1 Å². The van der Waals surface area contributed by atoms with Gasteiger partial charge >= 0.3 is 0 Å². The maximum absolute atomic E-state index is 2.43. The van der Waals surface area contributed by atoms with Gasteiger partial charge in [0.1, 0.15) is 0 Å². The Morgan fingerprint density at radius 3 is 2.25 bits per heavy atom. The van der Waals surface area contributed by atoms with Crippen LogP contribution in [0.1, 0.15) is 49.9 Å². The largest absolute Gasteiger partial charge is 0.0626 e. The molecule has 1 aliphatic rings. The maximum atomic E-state index is 2.43. The third-order valence-electron chi connectivity index (χ3n) is 3.70. The minimum absolute atomic E-state index is 0.683. The van der Waals surface area contributed by atoms with E-state index in [0.717, 1.165) is 12.8 Å².